The highest BCUT2D eigenvalue weighted by Gasteiger charge is 2.44. The maximum atomic E-state index is 11.7. The highest BCUT2D eigenvalue weighted by atomic mass is 32.2. The van der Waals surface area contributed by atoms with Crippen LogP contribution in [-0.2, 0) is 16.4 Å². The molecule has 2 atom stereocenters. The maximum Gasteiger partial charge on any atom is 0.151 e. The largest absolute Gasteiger partial charge is 0.392 e. The van der Waals surface area contributed by atoms with Gasteiger partial charge in [-0.15, -0.1) is 0 Å². The summed E-state index contributed by atoms with van der Waals surface area (Å²) >= 11 is 0. The van der Waals surface area contributed by atoms with E-state index in [0.29, 0.717) is 13.1 Å². The van der Waals surface area contributed by atoms with Crippen LogP contribution in [0.1, 0.15) is 5.56 Å². The second-order valence-corrected chi connectivity index (χ2v) is 7.92. The standard InChI is InChI=1S/C14H19NO3S/c16-14-12-7-15(6-11-4-2-1-3-5-11)8-13(14)10-19(17,18)9-12/h1-5,12-14,16H,6-10H2. The molecule has 2 aliphatic heterocycles. The summed E-state index contributed by atoms with van der Waals surface area (Å²) in [6.07, 6.45) is -0.449. The van der Waals surface area contributed by atoms with Crippen LogP contribution >= 0.6 is 0 Å². The van der Waals surface area contributed by atoms with Crippen molar-refractivity contribution in [3.05, 3.63) is 35.9 Å². The van der Waals surface area contributed by atoms with Crippen molar-refractivity contribution in [1.29, 1.82) is 0 Å². The zero-order chi connectivity index (χ0) is 13.5. The van der Waals surface area contributed by atoms with E-state index in [9.17, 15) is 13.5 Å². The molecule has 5 heteroatoms. The Kier molecular flexibility index (Phi) is 3.37. The zero-order valence-corrected chi connectivity index (χ0v) is 11.6. The fourth-order valence-electron chi connectivity index (χ4n) is 3.33. The Morgan fingerprint density at radius 3 is 2.26 bits per heavy atom. The summed E-state index contributed by atoms with van der Waals surface area (Å²) in [6.45, 7) is 2.18. The molecule has 1 N–H and O–H groups in total. The minimum absolute atomic E-state index is 0.124. The molecule has 19 heavy (non-hydrogen) atoms. The average Bonchev–Trinajstić information content (AvgIpc) is 2.33. The topological polar surface area (TPSA) is 57.6 Å². The Labute approximate surface area is 114 Å². The molecule has 0 saturated carbocycles. The number of aliphatic hydroxyl groups is 1. The van der Waals surface area contributed by atoms with Crippen LogP contribution in [-0.4, -0.2) is 49.1 Å². The van der Waals surface area contributed by atoms with Crippen LogP contribution in [0.15, 0.2) is 30.3 Å². The summed E-state index contributed by atoms with van der Waals surface area (Å²) in [4.78, 5) is 2.27. The van der Waals surface area contributed by atoms with Gasteiger partial charge < -0.3 is 5.11 Å². The SMILES string of the molecule is O=S1(=O)CC2CN(Cc3ccccc3)CC(C1)C2O. The van der Waals surface area contributed by atoms with Crippen LogP contribution < -0.4 is 0 Å². The third-order valence-corrected chi connectivity index (χ3v) is 6.01. The van der Waals surface area contributed by atoms with E-state index in [1.54, 1.807) is 0 Å². The quantitative estimate of drug-likeness (QED) is 0.859. The molecule has 1 aromatic carbocycles. The van der Waals surface area contributed by atoms with Gasteiger partial charge in [0.05, 0.1) is 17.6 Å². The second kappa shape index (κ2) is 4.89. The molecule has 2 heterocycles. The Morgan fingerprint density at radius 2 is 1.68 bits per heavy atom. The minimum Gasteiger partial charge on any atom is -0.392 e. The Balaban J connectivity index is 1.72. The molecule has 2 unspecified atom stereocenters. The molecule has 0 aliphatic carbocycles. The first-order chi connectivity index (χ1) is 9.03. The van der Waals surface area contributed by atoms with Crippen molar-refractivity contribution in [1.82, 2.24) is 4.90 Å². The minimum atomic E-state index is -2.96. The average molecular weight is 281 g/mol. The lowest BCUT2D eigenvalue weighted by molar-refractivity contribution is -0.0135. The summed E-state index contributed by atoms with van der Waals surface area (Å²) in [7, 11) is -2.96. The van der Waals surface area contributed by atoms with E-state index in [1.807, 2.05) is 18.2 Å². The van der Waals surface area contributed by atoms with E-state index in [2.05, 4.69) is 17.0 Å². The number of nitrogens with zero attached hydrogens (tertiary/aromatic N) is 1. The zero-order valence-electron chi connectivity index (χ0n) is 10.8. The van der Waals surface area contributed by atoms with Crippen molar-refractivity contribution >= 4 is 9.84 Å². The first kappa shape index (κ1) is 13.1. The van der Waals surface area contributed by atoms with E-state index >= 15 is 0 Å². The van der Waals surface area contributed by atoms with Gasteiger partial charge in [-0.3, -0.25) is 4.90 Å². The van der Waals surface area contributed by atoms with Gasteiger partial charge in [0.2, 0.25) is 0 Å². The van der Waals surface area contributed by atoms with Crippen LogP contribution in [0.5, 0.6) is 0 Å². The lowest BCUT2D eigenvalue weighted by Crippen LogP contribution is -2.56. The fourth-order valence-corrected chi connectivity index (χ4v) is 5.38. The molecular weight excluding hydrogens is 262 g/mol. The third kappa shape index (κ3) is 2.83. The lowest BCUT2D eigenvalue weighted by atomic mass is 9.87. The molecule has 0 amide bonds. The summed E-state index contributed by atoms with van der Waals surface area (Å²) < 4.78 is 23.5. The van der Waals surface area contributed by atoms with Crippen LogP contribution in [0.3, 0.4) is 0 Å². The normalized spacial score (nSPS) is 34.1. The molecule has 2 fully saturated rings. The number of likely N-dealkylation sites (tertiary alicyclic amines) is 1. The molecule has 1 aromatic rings. The van der Waals surface area contributed by atoms with Crippen LogP contribution in [0.2, 0.25) is 0 Å². The van der Waals surface area contributed by atoms with Gasteiger partial charge in [-0.05, 0) is 5.56 Å². The third-order valence-electron chi connectivity index (χ3n) is 4.14. The molecule has 0 radical (unpaired) electrons. The van der Waals surface area contributed by atoms with Crippen molar-refractivity contribution in [2.75, 3.05) is 24.6 Å². The predicted octanol–water partition coefficient (Wildman–Crippen LogP) is 0.524. The van der Waals surface area contributed by atoms with E-state index in [4.69, 9.17) is 0 Å². The molecule has 4 nitrogen and oxygen atoms in total. The number of fused-ring (bicyclic) bond motifs is 2. The maximum absolute atomic E-state index is 11.7. The first-order valence-electron chi connectivity index (χ1n) is 6.68. The molecule has 2 aliphatic rings. The number of piperidine rings is 1. The first-order valence-corrected chi connectivity index (χ1v) is 8.50. The van der Waals surface area contributed by atoms with Gasteiger partial charge in [0.25, 0.3) is 0 Å². The Morgan fingerprint density at radius 1 is 1.11 bits per heavy atom. The predicted molar refractivity (Wildman–Crippen MR) is 73.4 cm³/mol. The number of sulfone groups is 1. The van der Waals surface area contributed by atoms with Crippen molar-refractivity contribution in [2.45, 2.75) is 12.6 Å². The molecule has 2 saturated heterocycles. The number of hydrogen-bond donors (Lipinski definition) is 1. The van der Waals surface area contributed by atoms with Crippen molar-refractivity contribution in [3.63, 3.8) is 0 Å². The number of rotatable bonds is 2. The summed E-state index contributed by atoms with van der Waals surface area (Å²) in [5.74, 6) is 0.0220. The van der Waals surface area contributed by atoms with Gasteiger partial charge in [-0.25, -0.2) is 8.42 Å². The van der Waals surface area contributed by atoms with Gasteiger partial charge in [0, 0.05) is 31.5 Å². The van der Waals surface area contributed by atoms with E-state index in [-0.39, 0.29) is 23.3 Å². The monoisotopic (exact) mass is 281 g/mol. The number of aliphatic hydroxyl groups excluding tert-OH is 1. The van der Waals surface area contributed by atoms with Crippen LogP contribution in [0.25, 0.3) is 0 Å². The second-order valence-electron chi connectivity index (χ2n) is 5.77. The Bertz CT molecular complexity index is 521. The van der Waals surface area contributed by atoms with Gasteiger partial charge in [0.15, 0.2) is 9.84 Å². The van der Waals surface area contributed by atoms with Gasteiger partial charge in [-0.2, -0.15) is 0 Å². The van der Waals surface area contributed by atoms with E-state index in [1.165, 1.54) is 5.56 Å². The van der Waals surface area contributed by atoms with Crippen LogP contribution in [0, 0.1) is 11.8 Å². The fraction of sp³-hybridized carbons (Fsp3) is 0.571. The summed E-state index contributed by atoms with van der Waals surface area (Å²) in [5.41, 5.74) is 1.24. The van der Waals surface area contributed by atoms with Gasteiger partial charge in [-0.1, -0.05) is 30.3 Å². The number of benzene rings is 1. The molecule has 0 aromatic heterocycles. The van der Waals surface area contributed by atoms with Gasteiger partial charge >= 0.3 is 0 Å². The lowest BCUT2D eigenvalue weighted by Gasteiger charge is -2.44. The highest BCUT2D eigenvalue weighted by Crippen LogP contribution is 2.31. The highest BCUT2D eigenvalue weighted by molar-refractivity contribution is 7.91. The molecular formula is C14H19NO3S. The molecule has 3 rings (SSSR count). The van der Waals surface area contributed by atoms with Crippen molar-refractivity contribution < 1.29 is 13.5 Å². The summed E-state index contributed by atoms with van der Waals surface area (Å²) in [6, 6.07) is 10.2. The number of hydrogen-bond acceptors (Lipinski definition) is 4. The van der Waals surface area contributed by atoms with Crippen LogP contribution in [0.4, 0.5) is 0 Å². The van der Waals surface area contributed by atoms with Crippen molar-refractivity contribution in [3.8, 4) is 0 Å². The van der Waals surface area contributed by atoms with Crippen molar-refractivity contribution in [2.24, 2.45) is 11.8 Å². The molecule has 2 bridgehead atoms. The summed E-state index contributed by atoms with van der Waals surface area (Å²) in [5, 5.41) is 10.1. The van der Waals surface area contributed by atoms with E-state index < -0.39 is 15.9 Å². The van der Waals surface area contributed by atoms with Gasteiger partial charge in [0.1, 0.15) is 0 Å². The molecule has 0 spiro atoms. The Hall–Kier alpha value is -0.910. The molecule has 104 valence electrons. The van der Waals surface area contributed by atoms with E-state index in [0.717, 1.165) is 6.54 Å². The smallest absolute Gasteiger partial charge is 0.151 e.